The second-order valence-corrected chi connectivity index (χ2v) is 9.37. The lowest BCUT2D eigenvalue weighted by Crippen LogP contribution is -2.32. The lowest BCUT2D eigenvalue weighted by molar-refractivity contribution is -0.117. The monoisotopic (exact) mass is 469 g/mol. The number of nitrogens with zero attached hydrogens (tertiary/aromatic N) is 3. The Kier molecular flexibility index (Phi) is 5.77. The maximum absolute atomic E-state index is 15.7. The van der Waals surface area contributed by atoms with Gasteiger partial charge in [0.25, 0.3) is 0 Å². The Balaban J connectivity index is 1.75. The highest BCUT2D eigenvalue weighted by atomic mass is 19.1. The third-order valence-corrected chi connectivity index (χ3v) is 5.46. The van der Waals surface area contributed by atoms with Gasteiger partial charge in [0.2, 0.25) is 5.91 Å². The first-order valence-electron chi connectivity index (χ1n) is 10.8. The minimum absolute atomic E-state index is 0.0875. The second-order valence-electron chi connectivity index (χ2n) is 9.37. The number of anilines is 3. The number of cyclic esters (lactones) is 1. The number of ether oxygens (including phenoxy) is 2. The van der Waals surface area contributed by atoms with Crippen LogP contribution in [0.15, 0.2) is 18.3 Å². The Morgan fingerprint density at radius 3 is 2.65 bits per heavy atom. The standard InChI is InChI=1S/C23H24FN5O5/c1-11-10-33-22(32)29(11)16-6-12-7-17(27-20(30)14-5-13(14)8-25)26-9-15(12)19(18(16)24)28-21(31)34-23(2,3)4/h6-7,9,11,13-14H,5,10H2,1-4H3,(H,28,31)(H,26,27,30)/t11-,13?,14?/m1/s1. The van der Waals surface area contributed by atoms with Gasteiger partial charge in [-0.05, 0) is 51.6 Å². The Labute approximate surface area is 195 Å². The molecule has 2 heterocycles. The summed E-state index contributed by atoms with van der Waals surface area (Å²) in [6, 6.07) is 4.56. The summed E-state index contributed by atoms with van der Waals surface area (Å²) in [6.45, 7) is 6.81. The molecule has 34 heavy (non-hydrogen) atoms. The van der Waals surface area contributed by atoms with Crippen molar-refractivity contribution in [1.82, 2.24) is 4.98 Å². The van der Waals surface area contributed by atoms with Gasteiger partial charge in [0.05, 0.1) is 35.3 Å². The van der Waals surface area contributed by atoms with Gasteiger partial charge in [0, 0.05) is 11.6 Å². The fraction of sp³-hybridized carbons (Fsp3) is 0.435. The predicted molar refractivity (Wildman–Crippen MR) is 121 cm³/mol. The molecule has 0 bridgehead atoms. The van der Waals surface area contributed by atoms with E-state index < -0.39 is 35.6 Å². The quantitative estimate of drug-likeness (QED) is 0.686. The molecule has 1 aromatic carbocycles. The van der Waals surface area contributed by atoms with Crippen LogP contribution in [0.3, 0.4) is 0 Å². The Morgan fingerprint density at radius 1 is 1.32 bits per heavy atom. The van der Waals surface area contributed by atoms with Crippen LogP contribution in [-0.2, 0) is 14.3 Å². The molecule has 1 aromatic heterocycles. The molecule has 3 amide bonds. The highest BCUT2D eigenvalue weighted by Gasteiger charge is 2.43. The number of nitrogens with one attached hydrogen (secondary N) is 2. The second kappa shape index (κ2) is 8.44. The number of carbonyl (C=O) groups excluding carboxylic acids is 3. The van der Waals surface area contributed by atoms with E-state index in [0.717, 1.165) is 4.90 Å². The van der Waals surface area contributed by atoms with Gasteiger partial charge in [-0.15, -0.1) is 0 Å². The van der Waals surface area contributed by atoms with E-state index in [1.807, 2.05) is 0 Å². The molecule has 4 rings (SSSR count). The Hall–Kier alpha value is -3.94. The van der Waals surface area contributed by atoms with Crippen LogP contribution in [-0.4, -0.2) is 41.3 Å². The lowest BCUT2D eigenvalue weighted by Gasteiger charge is -2.23. The third-order valence-electron chi connectivity index (χ3n) is 5.46. The van der Waals surface area contributed by atoms with Crippen LogP contribution in [0.1, 0.15) is 34.1 Å². The third kappa shape index (κ3) is 4.57. The molecule has 1 aliphatic carbocycles. The number of rotatable bonds is 4. The van der Waals surface area contributed by atoms with Crippen molar-refractivity contribution in [3.8, 4) is 6.07 Å². The topological polar surface area (TPSA) is 134 Å². The highest BCUT2D eigenvalue weighted by Crippen LogP contribution is 2.40. The average molecular weight is 469 g/mol. The van der Waals surface area contributed by atoms with Gasteiger partial charge in [-0.1, -0.05) is 0 Å². The number of halogens is 1. The minimum atomic E-state index is -0.879. The summed E-state index contributed by atoms with van der Waals surface area (Å²) in [4.78, 5) is 42.4. The number of pyridine rings is 1. The van der Waals surface area contributed by atoms with Crippen LogP contribution in [0.25, 0.3) is 10.8 Å². The van der Waals surface area contributed by atoms with Crippen LogP contribution in [0.2, 0.25) is 0 Å². The summed E-state index contributed by atoms with van der Waals surface area (Å²) >= 11 is 0. The smallest absolute Gasteiger partial charge is 0.414 e. The fourth-order valence-electron chi connectivity index (χ4n) is 3.73. The Morgan fingerprint density at radius 2 is 2.06 bits per heavy atom. The minimum Gasteiger partial charge on any atom is -0.447 e. The van der Waals surface area contributed by atoms with E-state index in [2.05, 4.69) is 21.7 Å². The molecule has 178 valence electrons. The van der Waals surface area contributed by atoms with Crippen LogP contribution in [0.4, 0.5) is 31.2 Å². The molecule has 1 saturated carbocycles. The summed E-state index contributed by atoms with van der Waals surface area (Å²) in [6.07, 6.45) is 0.207. The average Bonchev–Trinajstić information content (AvgIpc) is 3.47. The molecular formula is C23H24FN5O5. The maximum Gasteiger partial charge on any atom is 0.414 e. The zero-order chi connectivity index (χ0) is 24.8. The van der Waals surface area contributed by atoms with Gasteiger partial charge in [-0.3, -0.25) is 15.0 Å². The van der Waals surface area contributed by atoms with E-state index in [-0.39, 0.29) is 41.0 Å². The number of aromatic nitrogens is 1. The summed E-state index contributed by atoms with van der Waals surface area (Å²) in [5, 5.41) is 14.7. The summed E-state index contributed by atoms with van der Waals surface area (Å²) in [5.41, 5.74) is -1.13. The van der Waals surface area contributed by atoms with Crippen molar-refractivity contribution < 1.29 is 28.2 Å². The molecule has 11 heteroatoms. The van der Waals surface area contributed by atoms with E-state index in [9.17, 15) is 14.4 Å². The first kappa shape index (κ1) is 23.2. The molecule has 0 radical (unpaired) electrons. The SMILES string of the molecule is C[C@@H]1COC(=O)N1c1cc2cc(NC(=O)C3CC3C#N)ncc2c(NC(=O)OC(C)(C)C)c1F. The first-order chi connectivity index (χ1) is 16.0. The number of hydrogen-bond donors (Lipinski definition) is 2. The lowest BCUT2D eigenvalue weighted by atomic mass is 10.1. The van der Waals surface area contributed by atoms with Gasteiger partial charge in [-0.25, -0.2) is 19.0 Å². The van der Waals surface area contributed by atoms with Gasteiger partial charge in [0.15, 0.2) is 5.82 Å². The number of hydrogen-bond acceptors (Lipinski definition) is 7. The molecule has 2 aliphatic rings. The normalized spacial score (nSPS) is 21.6. The van der Waals surface area contributed by atoms with Crippen LogP contribution >= 0.6 is 0 Å². The van der Waals surface area contributed by atoms with Gasteiger partial charge >= 0.3 is 12.2 Å². The van der Waals surface area contributed by atoms with Crippen LogP contribution < -0.4 is 15.5 Å². The molecule has 3 atom stereocenters. The van der Waals surface area contributed by atoms with E-state index in [4.69, 9.17) is 14.7 Å². The van der Waals surface area contributed by atoms with Crippen molar-refractivity contribution in [2.45, 2.75) is 45.8 Å². The Bertz CT molecular complexity index is 1230. The van der Waals surface area contributed by atoms with E-state index >= 15 is 4.39 Å². The van der Waals surface area contributed by atoms with E-state index in [0.29, 0.717) is 11.8 Å². The first-order valence-corrected chi connectivity index (χ1v) is 10.8. The highest BCUT2D eigenvalue weighted by molar-refractivity contribution is 6.06. The zero-order valence-electron chi connectivity index (χ0n) is 19.1. The van der Waals surface area contributed by atoms with Crippen molar-refractivity contribution >= 4 is 46.1 Å². The van der Waals surface area contributed by atoms with Crippen LogP contribution in [0.5, 0.6) is 0 Å². The molecule has 2 unspecified atom stereocenters. The molecule has 1 saturated heterocycles. The molecule has 2 N–H and O–H groups in total. The van der Waals surface area contributed by atoms with E-state index in [1.54, 1.807) is 27.7 Å². The van der Waals surface area contributed by atoms with Crippen molar-refractivity contribution in [2.75, 3.05) is 22.1 Å². The molecule has 1 aliphatic heterocycles. The fourth-order valence-corrected chi connectivity index (χ4v) is 3.73. The summed E-state index contributed by atoms with van der Waals surface area (Å²) in [7, 11) is 0. The molecule has 10 nitrogen and oxygen atoms in total. The van der Waals surface area contributed by atoms with Crippen molar-refractivity contribution in [1.29, 1.82) is 5.26 Å². The van der Waals surface area contributed by atoms with Crippen molar-refractivity contribution in [2.24, 2.45) is 11.8 Å². The summed E-state index contributed by atoms with van der Waals surface area (Å²) < 4.78 is 25.9. The summed E-state index contributed by atoms with van der Waals surface area (Å²) in [5.74, 6) is -1.69. The van der Waals surface area contributed by atoms with Gasteiger partial charge < -0.3 is 14.8 Å². The molecule has 2 fully saturated rings. The largest absolute Gasteiger partial charge is 0.447 e. The number of carbonyl (C=O) groups is 3. The number of benzene rings is 1. The number of fused-ring (bicyclic) bond motifs is 1. The van der Waals surface area contributed by atoms with Gasteiger partial charge in [0.1, 0.15) is 18.0 Å². The van der Waals surface area contributed by atoms with Crippen molar-refractivity contribution in [3.63, 3.8) is 0 Å². The van der Waals surface area contributed by atoms with Gasteiger partial charge in [-0.2, -0.15) is 5.26 Å². The van der Waals surface area contributed by atoms with E-state index in [1.165, 1.54) is 18.3 Å². The molecule has 2 aromatic rings. The van der Waals surface area contributed by atoms with Crippen molar-refractivity contribution in [3.05, 3.63) is 24.1 Å². The molecule has 0 spiro atoms. The number of amides is 3. The van der Waals surface area contributed by atoms with Crippen LogP contribution in [0, 0.1) is 29.0 Å². The predicted octanol–water partition coefficient (Wildman–Crippen LogP) is 4.16. The maximum atomic E-state index is 15.7. The molecular weight excluding hydrogens is 445 g/mol. The number of nitriles is 1. The zero-order valence-corrected chi connectivity index (χ0v) is 19.1.